The molecule has 17 heavy (non-hydrogen) atoms. The van der Waals surface area contributed by atoms with E-state index in [0.717, 1.165) is 4.31 Å². The van der Waals surface area contributed by atoms with E-state index < -0.39 is 28.1 Å². The normalized spacial score (nSPS) is 26.2. The highest BCUT2D eigenvalue weighted by molar-refractivity contribution is 7.89. The van der Waals surface area contributed by atoms with Crippen LogP contribution in [0.4, 0.5) is 0 Å². The van der Waals surface area contributed by atoms with E-state index in [4.69, 9.17) is 9.84 Å². The first kappa shape index (κ1) is 14.4. The van der Waals surface area contributed by atoms with Crippen molar-refractivity contribution in [1.29, 1.82) is 0 Å². The van der Waals surface area contributed by atoms with Crippen LogP contribution in [0.3, 0.4) is 0 Å². The molecule has 0 amide bonds. The van der Waals surface area contributed by atoms with Crippen molar-refractivity contribution in [2.45, 2.75) is 25.0 Å². The molecule has 0 bridgehead atoms. The second-order valence-corrected chi connectivity index (χ2v) is 6.02. The molecule has 100 valence electrons. The molecule has 1 fully saturated rings. The third kappa shape index (κ3) is 3.63. The SMILES string of the molecule is COCCCS(=O)(=O)N1C[C@H](O)C[C@@H]1C(=O)O. The summed E-state index contributed by atoms with van der Waals surface area (Å²) in [5.74, 6) is -1.39. The number of sulfonamides is 1. The number of ether oxygens (including phenoxy) is 1. The molecule has 1 aliphatic rings. The van der Waals surface area contributed by atoms with Crippen LogP contribution in [-0.4, -0.2) is 67.1 Å². The van der Waals surface area contributed by atoms with Crippen molar-refractivity contribution in [2.75, 3.05) is 26.0 Å². The number of nitrogens with zero attached hydrogens (tertiary/aromatic N) is 1. The molecule has 8 heteroatoms. The Morgan fingerprint density at radius 2 is 2.18 bits per heavy atom. The highest BCUT2D eigenvalue weighted by Gasteiger charge is 2.42. The van der Waals surface area contributed by atoms with Crippen LogP contribution in [0.25, 0.3) is 0 Å². The van der Waals surface area contributed by atoms with Gasteiger partial charge in [0.15, 0.2) is 0 Å². The van der Waals surface area contributed by atoms with Gasteiger partial charge < -0.3 is 14.9 Å². The largest absolute Gasteiger partial charge is 0.480 e. The highest BCUT2D eigenvalue weighted by Crippen LogP contribution is 2.22. The van der Waals surface area contributed by atoms with Gasteiger partial charge in [-0.3, -0.25) is 4.79 Å². The van der Waals surface area contributed by atoms with Crippen LogP contribution in [0, 0.1) is 0 Å². The van der Waals surface area contributed by atoms with Crippen molar-refractivity contribution in [2.24, 2.45) is 0 Å². The lowest BCUT2D eigenvalue weighted by atomic mass is 10.2. The van der Waals surface area contributed by atoms with E-state index in [1.165, 1.54) is 7.11 Å². The number of carboxylic acids is 1. The number of hydrogen-bond donors (Lipinski definition) is 2. The minimum Gasteiger partial charge on any atom is -0.480 e. The lowest BCUT2D eigenvalue weighted by Crippen LogP contribution is -2.41. The van der Waals surface area contributed by atoms with Crippen molar-refractivity contribution >= 4 is 16.0 Å². The number of rotatable bonds is 6. The zero-order valence-corrected chi connectivity index (χ0v) is 10.4. The molecule has 7 nitrogen and oxygen atoms in total. The van der Waals surface area contributed by atoms with E-state index in [0.29, 0.717) is 13.0 Å². The monoisotopic (exact) mass is 267 g/mol. The van der Waals surface area contributed by atoms with Gasteiger partial charge in [-0.25, -0.2) is 8.42 Å². The van der Waals surface area contributed by atoms with Crippen LogP contribution < -0.4 is 0 Å². The number of hydrogen-bond acceptors (Lipinski definition) is 5. The van der Waals surface area contributed by atoms with Crippen molar-refractivity contribution in [3.05, 3.63) is 0 Å². The first-order valence-corrected chi connectivity index (χ1v) is 6.88. The molecule has 1 aliphatic heterocycles. The van der Waals surface area contributed by atoms with Crippen LogP contribution in [0.2, 0.25) is 0 Å². The van der Waals surface area contributed by atoms with Gasteiger partial charge in [-0.1, -0.05) is 0 Å². The van der Waals surface area contributed by atoms with Gasteiger partial charge in [0.1, 0.15) is 6.04 Å². The minimum absolute atomic E-state index is 0.0567. The van der Waals surface area contributed by atoms with Crippen LogP contribution >= 0.6 is 0 Å². The number of β-amino-alcohol motifs (C(OH)–C–C–N with tert-alkyl or cyclic N) is 1. The molecule has 2 atom stereocenters. The summed E-state index contributed by atoms with van der Waals surface area (Å²) < 4.78 is 29.3. The number of aliphatic carboxylic acids is 1. The van der Waals surface area contributed by atoms with Crippen molar-refractivity contribution in [3.8, 4) is 0 Å². The Bertz CT molecular complexity index is 368. The van der Waals surface area contributed by atoms with Crippen molar-refractivity contribution < 1.29 is 28.2 Å². The summed E-state index contributed by atoms with van der Waals surface area (Å²) in [6, 6.07) is -1.16. The van der Waals surface area contributed by atoms with E-state index in [9.17, 15) is 18.3 Å². The maximum atomic E-state index is 11.9. The van der Waals surface area contributed by atoms with Gasteiger partial charge in [0, 0.05) is 26.7 Å². The zero-order valence-electron chi connectivity index (χ0n) is 9.57. The van der Waals surface area contributed by atoms with E-state index in [1.54, 1.807) is 0 Å². The van der Waals surface area contributed by atoms with Gasteiger partial charge in [0.2, 0.25) is 10.0 Å². The predicted octanol–water partition coefficient (Wildman–Crippen LogP) is -1.13. The van der Waals surface area contributed by atoms with Gasteiger partial charge in [-0.15, -0.1) is 0 Å². The number of aliphatic hydroxyl groups is 1. The van der Waals surface area contributed by atoms with E-state index in [2.05, 4.69) is 0 Å². The van der Waals surface area contributed by atoms with Gasteiger partial charge in [0.25, 0.3) is 0 Å². The van der Waals surface area contributed by atoms with Crippen molar-refractivity contribution in [1.82, 2.24) is 4.31 Å². The van der Waals surface area contributed by atoms with Crippen LogP contribution in [0.1, 0.15) is 12.8 Å². The standard InChI is InChI=1S/C9H17NO6S/c1-16-3-2-4-17(14,15)10-6-7(11)5-8(10)9(12)13/h7-8,11H,2-6H2,1H3,(H,12,13)/t7-,8-/m1/s1. The number of carboxylic acid groups (broad SMARTS) is 1. The van der Waals surface area contributed by atoms with Crippen LogP contribution in [0.15, 0.2) is 0 Å². The fourth-order valence-electron chi connectivity index (χ4n) is 1.82. The van der Waals surface area contributed by atoms with E-state index in [1.807, 2.05) is 0 Å². The average Bonchev–Trinajstić information content (AvgIpc) is 2.61. The third-order valence-electron chi connectivity index (χ3n) is 2.63. The maximum absolute atomic E-state index is 11.9. The van der Waals surface area contributed by atoms with E-state index in [-0.39, 0.29) is 18.7 Å². The summed E-state index contributed by atoms with van der Waals surface area (Å²) in [6.45, 7) is 0.152. The molecule has 0 aliphatic carbocycles. The summed E-state index contributed by atoms with van der Waals surface area (Å²) in [4.78, 5) is 10.9. The Hall–Kier alpha value is -0.700. The quantitative estimate of drug-likeness (QED) is 0.590. The summed E-state index contributed by atoms with van der Waals surface area (Å²) in [5, 5.41) is 18.3. The highest BCUT2D eigenvalue weighted by atomic mass is 32.2. The predicted molar refractivity (Wildman–Crippen MR) is 59.0 cm³/mol. The van der Waals surface area contributed by atoms with Crippen molar-refractivity contribution in [3.63, 3.8) is 0 Å². The first-order chi connectivity index (χ1) is 7.88. The molecule has 2 N–H and O–H groups in total. The Morgan fingerprint density at radius 1 is 1.53 bits per heavy atom. The van der Waals surface area contributed by atoms with Gasteiger partial charge in [0.05, 0.1) is 11.9 Å². The van der Waals surface area contributed by atoms with Gasteiger partial charge in [-0.2, -0.15) is 4.31 Å². The molecule has 0 spiro atoms. The molecule has 0 radical (unpaired) electrons. The molecule has 0 unspecified atom stereocenters. The molecule has 1 rings (SSSR count). The molecule has 1 heterocycles. The summed E-state index contributed by atoms with van der Waals surface area (Å²) in [6.07, 6.45) is -0.662. The number of carbonyl (C=O) groups is 1. The molecule has 0 saturated carbocycles. The number of aliphatic hydroxyl groups excluding tert-OH is 1. The average molecular weight is 267 g/mol. The maximum Gasteiger partial charge on any atom is 0.322 e. The Kier molecular flexibility index (Phi) is 4.87. The van der Waals surface area contributed by atoms with Crippen LogP contribution in [0.5, 0.6) is 0 Å². The lowest BCUT2D eigenvalue weighted by molar-refractivity contribution is -0.140. The molecular weight excluding hydrogens is 250 g/mol. The fraction of sp³-hybridized carbons (Fsp3) is 0.889. The lowest BCUT2D eigenvalue weighted by Gasteiger charge is -2.20. The summed E-state index contributed by atoms with van der Waals surface area (Å²) >= 11 is 0. The fourth-order valence-corrected chi connectivity index (χ4v) is 3.50. The zero-order chi connectivity index (χ0) is 13.1. The Labute approximate surface area is 100 Å². The van der Waals surface area contributed by atoms with Gasteiger partial charge >= 0.3 is 5.97 Å². The summed E-state index contributed by atoms with van der Waals surface area (Å²) in [5.41, 5.74) is 0. The molecular formula is C9H17NO6S. The molecule has 0 aromatic heterocycles. The second kappa shape index (κ2) is 5.76. The molecule has 0 aromatic carbocycles. The Morgan fingerprint density at radius 3 is 2.71 bits per heavy atom. The summed E-state index contributed by atoms with van der Waals surface area (Å²) in [7, 11) is -2.18. The van der Waals surface area contributed by atoms with E-state index >= 15 is 0 Å². The second-order valence-electron chi connectivity index (χ2n) is 3.98. The van der Waals surface area contributed by atoms with Gasteiger partial charge in [-0.05, 0) is 6.42 Å². The smallest absolute Gasteiger partial charge is 0.322 e. The third-order valence-corrected chi connectivity index (χ3v) is 4.55. The Balaban J connectivity index is 2.72. The topological polar surface area (TPSA) is 104 Å². The first-order valence-electron chi connectivity index (χ1n) is 5.28. The number of methoxy groups -OCH3 is 1. The molecule has 1 saturated heterocycles. The molecule has 0 aromatic rings. The van der Waals surface area contributed by atoms with Crippen LogP contribution in [-0.2, 0) is 19.6 Å². The minimum atomic E-state index is -3.65.